The van der Waals surface area contributed by atoms with Crippen molar-refractivity contribution in [3.63, 3.8) is 0 Å². The number of piperazine rings is 1. The first kappa shape index (κ1) is 32.8. The molecule has 4 aromatic rings. The number of nitrogens with one attached hydrogen (secondary N) is 1. The zero-order chi connectivity index (χ0) is 35.2. The minimum atomic E-state index is -0.682. The highest BCUT2D eigenvalue weighted by molar-refractivity contribution is 6.03. The SMILES string of the molecule is C#Cc1c(F)ccc2cc(O)cc(-c3nc4c5c(nc(OC[C@@]67CCCN6[C@H](COC(C)(C)C)CC7)nc5c3F)N3C[C@H]5CC[C@H](N5)[C@H]3CC4)c12. The third kappa shape index (κ3) is 5.40. The number of aromatic hydroxyl groups is 1. The van der Waals surface area contributed by atoms with Gasteiger partial charge in [0, 0.05) is 41.7 Å². The van der Waals surface area contributed by atoms with Crippen molar-refractivity contribution in [2.45, 2.75) is 107 Å². The highest BCUT2D eigenvalue weighted by atomic mass is 19.1. The Balaban J connectivity index is 1.17. The van der Waals surface area contributed by atoms with Gasteiger partial charge in [-0.3, -0.25) is 4.90 Å². The number of halogens is 2. The van der Waals surface area contributed by atoms with E-state index >= 15 is 8.78 Å². The zero-order valence-electron chi connectivity index (χ0n) is 29.4. The molecule has 4 saturated heterocycles. The number of benzene rings is 2. The summed E-state index contributed by atoms with van der Waals surface area (Å²) in [5.74, 6) is 1.71. The smallest absolute Gasteiger partial charge is 0.319 e. The number of terminal acetylenes is 1. The number of aryl methyl sites for hydroxylation is 1. The predicted octanol–water partition coefficient (Wildman–Crippen LogP) is 6.26. The number of ether oxygens (including phenoxy) is 2. The van der Waals surface area contributed by atoms with Crippen molar-refractivity contribution < 1.29 is 23.4 Å². The van der Waals surface area contributed by atoms with E-state index in [1.165, 1.54) is 24.3 Å². The van der Waals surface area contributed by atoms with Crippen LogP contribution in [0.2, 0.25) is 0 Å². The Kier molecular flexibility index (Phi) is 7.69. The second kappa shape index (κ2) is 12.0. The molecule has 51 heavy (non-hydrogen) atoms. The van der Waals surface area contributed by atoms with Crippen LogP contribution in [0.4, 0.5) is 14.6 Å². The third-order valence-electron chi connectivity index (χ3n) is 12.0. The van der Waals surface area contributed by atoms with Crippen LogP contribution in [0.15, 0.2) is 24.3 Å². The number of pyridine rings is 1. The lowest BCUT2D eigenvalue weighted by Crippen LogP contribution is -2.58. The number of nitrogens with zero attached hydrogens (tertiary/aromatic N) is 5. The van der Waals surface area contributed by atoms with E-state index in [0.29, 0.717) is 65.4 Å². The average Bonchev–Trinajstić information content (AvgIpc) is 3.76. The number of anilines is 1. The number of phenolic OH excluding ortho intramolecular Hbond substituents is 1. The molecule has 9 nitrogen and oxygen atoms in total. The number of phenols is 1. The molecule has 5 atom stereocenters. The summed E-state index contributed by atoms with van der Waals surface area (Å²) in [5.41, 5.74) is 0.589. The number of hydrogen-bond donors (Lipinski definition) is 2. The second-order valence-corrected chi connectivity index (χ2v) is 16.2. The molecule has 0 aliphatic carbocycles. The first-order valence-electron chi connectivity index (χ1n) is 18.4. The molecule has 0 radical (unpaired) electrons. The van der Waals surface area contributed by atoms with Crippen LogP contribution in [0.25, 0.3) is 32.9 Å². The van der Waals surface area contributed by atoms with E-state index in [9.17, 15) is 5.11 Å². The number of hydrogen-bond acceptors (Lipinski definition) is 9. The fraction of sp³-hybridized carbons (Fsp3) is 0.525. The van der Waals surface area contributed by atoms with Crippen LogP contribution in [0.3, 0.4) is 0 Å². The van der Waals surface area contributed by atoms with Crippen LogP contribution in [-0.2, 0) is 11.2 Å². The van der Waals surface area contributed by atoms with Gasteiger partial charge in [-0.25, -0.2) is 13.8 Å². The zero-order valence-corrected chi connectivity index (χ0v) is 29.4. The van der Waals surface area contributed by atoms with E-state index in [-0.39, 0.29) is 51.3 Å². The lowest BCUT2D eigenvalue weighted by atomic mass is 9.95. The molecule has 7 heterocycles. The maximum atomic E-state index is 17.3. The molecule has 9 rings (SSSR count). The Labute approximate surface area is 296 Å². The van der Waals surface area contributed by atoms with Crippen LogP contribution in [-0.4, -0.2) is 86.6 Å². The quantitative estimate of drug-likeness (QED) is 0.227. The third-order valence-corrected chi connectivity index (χ3v) is 12.0. The first-order chi connectivity index (χ1) is 24.5. The monoisotopic (exact) mass is 694 g/mol. The van der Waals surface area contributed by atoms with E-state index in [1.54, 1.807) is 0 Å². The molecule has 11 heteroatoms. The van der Waals surface area contributed by atoms with Gasteiger partial charge < -0.3 is 24.8 Å². The molecule has 2 aromatic carbocycles. The van der Waals surface area contributed by atoms with E-state index in [4.69, 9.17) is 30.8 Å². The van der Waals surface area contributed by atoms with Gasteiger partial charge in [-0.1, -0.05) is 12.0 Å². The lowest BCUT2D eigenvalue weighted by Gasteiger charge is -2.41. The maximum Gasteiger partial charge on any atom is 0.319 e. The van der Waals surface area contributed by atoms with E-state index in [2.05, 4.69) is 41.8 Å². The molecule has 4 fully saturated rings. The number of aromatic nitrogens is 3. The van der Waals surface area contributed by atoms with Gasteiger partial charge in [0.1, 0.15) is 35.2 Å². The van der Waals surface area contributed by atoms with Crippen LogP contribution >= 0.6 is 0 Å². The Hall–Kier alpha value is -4.11. The molecular formula is C40H44F2N6O3. The van der Waals surface area contributed by atoms with E-state index < -0.39 is 11.6 Å². The lowest BCUT2D eigenvalue weighted by molar-refractivity contribution is -0.0377. The predicted molar refractivity (Wildman–Crippen MR) is 192 cm³/mol. The highest BCUT2D eigenvalue weighted by Crippen LogP contribution is 2.45. The molecule has 2 aromatic heterocycles. The van der Waals surface area contributed by atoms with Crippen molar-refractivity contribution in [1.82, 2.24) is 25.2 Å². The molecule has 0 spiro atoms. The van der Waals surface area contributed by atoms with Gasteiger partial charge in [-0.05, 0) is 102 Å². The molecular weight excluding hydrogens is 650 g/mol. The topological polar surface area (TPSA) is 95.9 Å². The van der Waals surface area contributed by atoms with Gasteiger partial charge in [0.15, 0.2) is 5.82 Å². The molecule has 0 amide bonds. The molecule has 2 N–H and O–H groups in total. The van der Waals surface area contributed by atoms with Gasteiger partial charge in [-0.2, -0.15) is 9.97 Å². The summed E-state index contributed by atoms with van der Waals surface area (Å²) in [5, 5.41) is 15.9. The molecule has 5 aliphatic rings. The molecule has 266 valence electrons. The summed E-state index contributed by atoms with van der Waals surface area (Å²) in [7, 11) is 0. The summed E-state index contributed by atoms with van der Waals surface area (Å²) in [6, 6.07) is 6.92. The van der Waals surface area contributed by atoms with Gasteiger partial charge in [0.2, 0.25) is 0 Å². The van der Waals surface area contributed by atoms with Crippen molar-refractivity contribution in [3.8, 4) is 35.4 Å². The van der Waals surface area contributed by atoms with Gasteiger partial charge in [0.25, 0.3) is 0 Å². The molecule has 0 saturated carbocycles. The first-order valence-corrected chi connectivity index (χ1v) is 18.4. The Morgan fingerprint density at radius 2 is 1.94 bits per heavy atom. The van der Waals surface area contributed by atoms with Gasteiger partial charge >= 0.3 is 6.01 Å². The molecule has 5 aliphatic heterocycles. The fourth-order valence-corrected chi connectivity index (χ4v) is 9.70. The fourth-order valence-electron chi connectivity index (χ4n) is 9.70. The summed E-state index contributed by atoms with van der Waals surface area (Å²) >= 11 is 0. The minimum Gasteiger partial charge on any atom is -0.508 e. The Morgan fingerprint density at radius 1 is 1.08 bits per heavy atom. The van der Waals surface area contributed by atoms with Crippen LogP contribution in [0.1, 0.15) is 77.0 Å². The van der Waals surface area contributed by atoms with Crippen molar-refractivity contribution >= 4 is 27.5 Å². The summed E-state index contributed by atoms with van der Waals surface area (Å²) in [6.45, 7) is 9.07. The normalized spacial score (nSPS) is 27.1. The standard InChI is InChI=1S/C40H44F2N6O3/c1-5-26-28(41)9-7-22-17-25(49)18-27(32(22)26)35-34(42)36-33-30(44-35)11-12-31-29-10-8-23(43-29)19-47(31)37(33)46-38(45-36)50-21-40-14-6-16-48(40)24(13-15-40)20-51-39(2,3)4/h1,7,9,17-18,23-24,29,31,43,49H,6,8,10-16,19-21H2,2-4H3/t23-,24+,29+,31-,40+/m1/s1. The number of fused-ring (bicyclic) bond motifs is 7. The Morgan fingerprint density at radius 3 is 2.76 bits per heavy atom. The number of rotatable bonds is 6. The average molecular weight is 695 g/mol. The van der Waals surface area contributed by atoms with Crippen LogP contribution < -0.4 is 15.0 Å². The van der Waals surface area contributed by atoms with Gasteiger partial charge in [0.05, 0.1) is 34.4 Å². The van der Waals surface area contributed by atoms with Crippen molar-refractivity contribution in [3.05, 3.63) is 47.2 Å². The van der Waals surface area contributed by atoms with Gasteiger partial charge in [-0.15, -0.1) is 6.42 Å². The largest absolute Gasteiger partial charge is 0.508 e. The highest BCUT2D eigenvalue weighted by Gasteiger charge is 2.50. The molecule has 2 bridgehead atoms. The molecule has 0 unspecified atom stereocenters. The summed E-state index contributed by atoms with van der Waals surface area (Å²) < 4.78 is 45.1. The van der Waals surface area contributed by atoms with E-state index in [0.717, 1.165) is 58.0 Å². The van der Waals surface area contributed by atoms with Crippen LogP contribution in [0.5, 0.6) is 11.8 Å². The van der Waals surface area contributed by atoms with Crippen molar-refractivity contribution in [2.75, 3.05) is 31.2 Å². The minimum absolute atomic E-state index is 0.00978. The van der Waals surface area contributed by atoms with Crippen LogP contribution in [0, 0.1) is 24.0 Å². The van der Waals surface area contributed by atoms with Crippen molar-refractivity contribution in [2.24, 2.45) is 0 Å². The van der Waals surface area contributed by atoms with E-state index in [1.807, 2.05) is 0 Å². The van der Waals surface area contributed by atoms with Crippen molar-refractivity contribution in [1.29, 1.82) is 0 Å². The summed E-state index contributed by atoms with van der Waals surface area (Å²) in [4.78, 5) is 19.7. The Bertz CT molecular complexity index is 2110. The maximum absolute atomic E-state index is 17.3. The second-order valence-electron chi connectivity index (χ2n) is 16.2. The summed E-state index contributed by atoms with van der Waals surface area (Å²) in [6.07, 6.45) is 13.4.